The van der Waals surface area contributed by atoms with Gasteiger partial charge in [0, 0.05) is 26.1 Å². The number of carbonyl (C=O) groups is 1. The SMILES string of the molecule is CNC(=O)CCN(C)C1CCCC1CN. The van der Waals surface area contributed by atoms with Crippen molar-refractivity contribution in [1.29, 1.82) is 0 Å². The van der Waals surface area contributed by atoms with Crippen molar-refractivity contribution >= 4 is 5.91 Å². The third-order valence-electron chi connectivity index (χ3n) is 3.46. The standard InChI is InChI=1S/C11H23N3O/c1-13-11(15)6-7-14(2)10-5-3-4-9(10)8-12/h9-10H,3-8,12H2,1-2H3,(H,13,15). The maximum absolute atomic E-state index is 11.1. The fraction of sp³-hybridized carbons (Fsp3) is 0.909. The predicted octanol–water partition coefficient (Wildman–Crippen LogP) is 0.182. The Labute approximate surface area is 92.2 Å². The van der Waals surface area contributed by atoms with Crippen LogP contribution in [0.25, 0.3) is 0 Å². The number of nitrogens with one attached hydrogen (secondary N) is 1. The van der Waals surface area contributed by atoms with Crippen LogP contribution in [0.5, 0.6) is 0 Å². The second-order valence-corrected chi connectivity index (χ2v) is 4.40. The molecule has 88 valence electrons. The van der Waals surface area contributed by atoms with E-state index in [-0.39, 0.29) is 5.91 Å². The van der Waals surface area contributed by atoms with E-state index in [2.05, 4.69) is 17.3 Å². The molecule has 0 heterocycles. The van der Waals surface area contributed by atoms with Crippen molar-refractivity contribution in [1.82, 2.24) is 10.2 Å². The summed E-state index contributed by atoms with van der Waals surface area (Å²) in [5.41, 5.74) is 5.74. The monoisotopic (exact) mass is 213 g/mol. The lowest BCUT2D eigenvalue weighted by Crippen LogP contribution is -2.39. The number of rotatable bonds is 5. The number of nitrogens with two attached hydrogens (primary N) is 1. The number of carbonyl (C=O) groups excluding carboxylic acids is 1. The Hall–Kier alpha value is -0.610. The Morgan fingerprint density at radius 2 is 2.27 bits per heavy atom. The smallest absolute Gasteiger partial charge is 0.221 e. The Kier molecular flexibility index (Phi) is 5.05. The highest BCUT2D eigenvalue weighted by Gasteiger charge is 2.28. The quantitative estimate of drug-likeness (QED) is 0.685. The van der Waals surface area contributed by atoms with Gasteiger partial charge in [0.25, 0.3) is 0 Å². The first-order valence-corrected chi connectivity index (χ1v) is 5.80. The van der Waals surface area contributed by atoms with Gasteiger partial charge in [-0.1, -0.05) is 6.42 Å². The van der Waals surface area contributed by atoms with Crippen LogP contribution in [0.2, 0.25) is 0 Å². The summed E-state index contributed by atoms with van der Waals surface area (Å²) in [6.07, 6.45) is 4.33. The first kappa shape index (κ1) is 12.5. The van der Waals surface area contributed by atoms with E-state index in [0.29, 0.717) is 18.4 Å². The third-order valence-corrected chi connectivity index (χ3v) is 3.46. The Morgan fingerprint density at radius 3 is 2.87 bits per heavy atom. The van der Waals surface area contributed by atoms with Crippen LogP contribution in [0.3, 0.4) is 0 Å². The van der Waals surface area contributed by atoms with Gasteiger partial charge in [0.15, 0.2) is 0 Å². The van der Waals surface area contributed by atoms with Crippen molar-refractivity contribution < 1.29 is 4.79 Å². The highest BCUT2D eigenvalue weighted by atomic mass is 16.1. The van der Waals surface area contributed by atoms with Crippen molar-refractivity contribution in [3.05, 3.63) is 0 Å². The molecule has 0 aromatic heterocycles. The van der Waals surface area contributed by atoms with Crippen LogP contribution in [0.4, 0.5) is 0 Å². The first-order chi connectivity index (χ1) is 7.19. The molecular weight excluding hydrogens is 190 g/mol. The largest absolute Gasteiger partial charge is 0.359 e. The molecule has 4 heteroatoms. The van der Waals surface area contributed by atoms with E-state index in [9.17, 15) is 4.79 Å². The molecule has 0 bridgehead atoms. The minimum atomic E-state index is 0.115. The molecule has 1 rings (SSSR count). The second kappa shape index (κ2) is 6.08. The van der Waals surface area contributed by atoms with Crippen LogP contribution >= 0.6 is 0 Å². The van der Waals surface area contributed by atoms with Gasteiger partial charge in [-0.05, 0) is 32.4 Å². The molecule has 0 spiro atoms. The highest BCUT2D eigenvalue weighted by Crippen LogP contribution is 2.28. The van der Waals surface area contributed by atoms with E-state index in [1.54, 1.807) is 7.05 Å². The van der Waals surface area contributed by atoms with E-state index in [1.165, 1.54) is 19.3 Å². The molecule has 1 amide bonds. The molecule has 15 heavy (non-hydrogen) atoms. The molecule has 3 N–H and O–H groups in total. The van der Waals surface area contributed by atoms with Gasteiger partial charge in [0.1, 0.15) is 0 Å². The molecule has 0 radical (unpaired) electrons. The van der Waals surface area contributed by atoms with Gasteiger partial charge in [-0.3, -0.25) is 4.79 Å². The lowest BCUT2D eigenvalue weighted by atomic mass is 10.0. The van der Waals surface area contributed by atoms with E-state index in [1.807, 2.05) is 0 Å². The molecule has 1 aliphatic rings. The van der Waals surface area contributed by atoms with Gasteiger partial charge >= 0.3 is 0 Å². The van der Waals surface area contributed by atoms with Crippen LogP contribution in [-0.4, -0.2) is 44.0 Å². The Morgan fingerprint density at radius 1 is 1.53 bits per heavy atom. The van der Waals surface area contributed by atoms with Gasteiger partial charge in [0.05, 0.1) is 0 Å². The zero-order chi connectivity index (χ0) is 11.3. The van der Waals surface area contributed by atoms with Gasteiger partial charge < -0.3 is 16.0 Å². The van der Waals surface area contributed by atoms with Crippen molar-refractivity contribution in [3.8, 4) is 0 Å². The predicted molar refractivity (Wildman–Crippen MR) is 61.5 cm³/mol. The van der Waals surface area contributed by atoms with E-state index in [0.717, 1.165) is 13.1 Å². The van der Waals surface area contributed by atoms with E-state index in [4.69, 9.17) is 5.73 Å². The van der Waals surface area contributed by atoms with Crippen LogP contribution < -0.4 is 11.1 Å². The van der Waals surface area contributed by atoms with Crippen LogP contribution in [-0.2, 0) is 4.79 Å². The zero-order valence-electron chi connectivity index (χ0n) is 9.83. The van der Waals surface area contributed by atoms with E-state index < -0.39 is 0 Å². The molecule has 2 atom stereocenters. The van der Waals surface area contributed by atoms with Crippen molar-refractivity contribution in [2.24, 2.45) is 11.7 Å². The van der Waals surface area contributed by atoms with Crippen molar-refractivity contribution in [3.63, 3.8) is 0 Å². The minimum absolute atomic E-state index is 0.115. The minimum Gasteiger partial charge on any atom is -0.359 e. The summed E-state index contributed by atoms with van der Waals surface area (Å²) in [5.74, 6) is 0.740. The molecular formula is C11H23N3O. The first-order valence-electron chi connectivity index (χ1n) is 5.80. The summed E-state index contributed by atoms with van der Waals surface area (Å²) in [5, 5.41) is 2.65. The fourth-order valence-corrected chi connectivity index (χ4v) is 2.44. The van der Waals surface area contributed by atoms with E-state index >= 15 is 0 Å². The van der Waals surface area contributed by atoms with Crippen LogP contribution in [0.15, 0.2) is 0 Å². The molecule has 4 nitrogen and oxygen atoms in total. The Bertz CT molecular complexity index is 208. The highest BCUT2D eigenvalue weighted by molar-refractivity contribution is 5.75. The third kappa shape index (κ3) is 3.47. The summed E-state index contributed by atoms with van der Waals surface area (Å²) in [7, 11) is 3.78. The summed E-state index contributed by atoms with van der Waals surface area (Å²) in [6, 6.07) is 0.583. The van der Waals surface area contributed by atoms with Crippen molar-refractivity contribution in [2.75, 3.05) is 27.2 Å². The van der Waals surface area contributed by atoms with Gasteiger partial charge in [-0.25, -0.2) is 0 Å². The second-order valence-electron chi connectivity index (χ2n) is 4.40. The molecule has 0 aliphatic heterocycles. The maximum atomic E-state index is 11.1. The van der Waals surface area contributed by atoms with Gasteiger partial charge in [0.2, 0.25) is 5.91 Å². The number of hydrogen-bond acceptors (Lipinski definition) is 3. The summed E-state index contributed by atoms with van der Waals surface area (Å²) >= 11 is 0. The molecule has 0 aromatic rings. The number of hydrogen-bond donors (Lipinski definition) is 2. The lowest BCUT2D eigenvalue weighted by molar-refractivity contribution is -0.121. The molecule has 1 aliphatic carbocycles. The van der Waals surface area contributed by atoms with Crippen LogP contribution in [0.1, 0.15) is 25.7 Å². The normalized spacial score (nSPS) is 25.9. The molecule has 1 saturated carbocycles. The molecule has 1 fully saturated rings. The number of amides is 1. The molecule has 0 aromatic carbocycles. The van der Waals surface area contributed by atoms with Gasteiger partial charge in [-0.15, -0.1) is 0 Å². The summed E-state index contributed by atoms with van der Waals surface area (Å²) in [4.78, 5) is 13.4. The topological polar surface area (TPSA) is 58.4 Å². The van der Waals surface area contributed by atoms with Crippen molar-refractivity contribution in [2.45, 2.75) is 31.7 Å². The van der Waals surface area contributed by atoms with Gasteiger partial charge in [-0.2, -0.15) is 0 Å². The maximum Gasteiger partial charge on any atom is 0.221 e. The molecule has 0 saturated heterocycles. The molecule has 2 unspecified atom stereocenters. The summed E-state index contributed by atoms with van der Waals surface area (Å²) in [6.45, 7) is 1.61. The summed E-state index contributed by atoms with van der Waals surface area (Å²) < 4.78 is 0. The Balaban J connectivity index is 2.32. The fourth-order valence-electron chi connectivity index (χ4n) is 2.44. The average molecular weight is 213 g/mol. The zero-order valence-corrected chi connectivity index (χ0v) is 9.83. The van der Waals surface area contributed by atoms with Crippen LogP contribution in [0, 0.1) is 5.92 Å². The lowest BCUT2D eigenvalue weighted by Gasteiger charge is -2.28. The average Bonchev–Trinajstić information content (AvgIpc) is 2.73. The number of nitrogens with zero attached hydrogens (tertiary/aromatic N) is 1.